The average molecular weight is 526 g/mol. The number of anilines is 3. The van der Waals surface area contributed by atoms with Crippen molar-refractivity contribution in [2.24, 2.45) is 0 Å². The number of ether oxygens (including phenoxy) is 2. The van der Waals surface area contributed by atoms with Crippen LogP contribution in [0.1, 0.15) is 34.6 Å². The number of non-ortho nitro benzene ring substituents is 1. The summed E-state index contributed by atoms with van der Waals surface area (Å²) in [5, 5.41) is 14.4. The Labute approximate surface area is 220 Å². The van der Waals surface area contributed by atoms with Crippen molar-refractivity contribution in [3.8, 4) is 0 Å². The Bertz CT molecular complexity index is 1220. The zero-order valence-corrected chi connectivity index (χ0v) is 21.5. The molecule has 2 saturated heterocycles. The lowest BCUT2D eigenvalue weighted by atomic mass is 10.1. The number of hydrogen-bond acceptors (Lipinski definition) is 9. The lowest BCUT2D eigenvalue weighted by molar-refractivity contribution is -0.384. The van der Waals surface area contributed by atoms with Crippen molar-refractivity contribution in [2.75, 3.05) is 74.2 Å². The Hall–Kier alpha value is -4.19. The predicted octanol–water partition coefficient (Wildman–Crippen LogP) is 2.53. The maximum absolute atomic E-state index is 13.7. The molecule has 0 radical (unpaired) electrons. The summed E-state index contributed by atoms with van der Waals surface area (Å²) >= 11 is 0. The summed E-state index contributed by atoms with van der Waals surface area (Å²) < 4.78 is 10.6. The molecule has 12 heteroatoms. The summed E-state index contributed by atoms with van der Waals surface area (Å²) in [5.41, 5.74) is 1.82. The van der Waals surface area contributed by atoms with Gasteiger partial charge in [-0.3, -0.25) is 19.7 Å². The van der Waals surface area contributed by atoms with Gasteiger partial charge < -0.3 is 29.5 Å². The number of carbonyl (C=O) groups excluding carboxylic acids is 3. The van der Waals surface area contributed by atoms with Gasteiger partial charge in [0.05, 0.1) is 52.9 Å². The highest BCUT2D eigenvalue weighted by atomic mass is 16.6. The van der Waals surface area contributed by atoms with Crippen molar-refractivity contribution >= 4 is 40.5 Å². The topological polar surface area (TPSA) is 135 Å². The third-order valence-electron chi connectivity index (χ3n) is 6.61. The molecule has 2 aromatic carbocycles. The number of nitro benzene ring substituents is 1. The molecular weight excluding hydrogens is 494 g/mol. The fourth-order valence-electron chi connectivity index (χ4n) is 4.60. The standard InChI is InChI=1S/C26H31N5O7/c1-3-38-26(34)19-4-6-24(29-10-8-28(9-11-29)18(2)32)22(16-19)27-25(33)21-17-20(31(35)36)5-7-23(21)30-12-14-37-15-13-30/h4-7,16-17H,3,8-15H2,1-2H3,(H,27,33). The van der Waals surface area contributed by atoms with E-state index in [0.29, 0.717) is 69.5 Å². The van der Waals surface area contributed by atoms with Gasteiger partial charge in [0.1, 0.15) is 0 Å². The number of esters is 1. The number of nitrogens with zero attached hydrogens (tertiary/aromatic N) is 4. The first-order valence-electron chi connectivity index (χ1n) is 12.5. The van der Waals surface area contributed by atoms with Gasteiger partial charge in [0.2, 0.25) is 5.91 Å². The Morgan fingerprint density at radius 1 is 0.974 bits per heavy atom. The number of benzene rings is 2. The molecule has 2 aliphatic rings. The fourth-order valence-corrected chi connectivity index (χ4v) is 4.60. The summed E-state index contributed by atoms with van der Waals surface area (Å²) in [6.07, 6.45) is 0. The molecule has 2 fully saturated rings. The molecule has 0 atom stereocenters. The summed E-state index contributed by atoms with van der Waals surface area (Å²) in [7, 11) is 0. The maximum Gasteiger partial charge on any atom is 0.338 e. The van der Waals surface area contributed by atoms with Crippen molar-refractivity contribution < 1.29 is 28.8 Å². The Morgan fingerprint density at radius 3 is 2.26 bits per heavy atom. The largest absolute Gasteiger partial charge is 0.462 e. The van der Waals surface area contributed by atoms with Gasteiger partial charge in [0, 0.05) is 58.3 Å². The Balaban J connectivity index is 1.69. The molecule has 1 N–H and O–H groups in total. The number of piperazine rings is 1. The van der Waals surface area contributed by atoms with E-state index in [1.165, 1.54) is 19.1 Å². The first-order valence-corrected chi connectivity index (χ1v) is 12.5. The maximum atomic E-state index is 13.7. The molecule has 0 bridgehead atoms. The minimum absolute atomic E-state index is 0.00264. The second-order valence-electron chi connectivity index (χ2n) is 8.96. The molecule has 0 spiro atoms. The highest BCUT2D eigenvalue weighted by Gasteiger charge is 2.26. The van der Waals surface area contributed by atoms with Crippen LogP contribution < -0.4 is 15.1 Å². The molecule has 202 valence electrons. The Kier molecular flexibility index (Phi) is 8.41. The van der Waals surface area contributed by atoms with E-state index in [1.807, 2.05) is 9.80 Å². The van der Waals surface area contributed by atoms with Gasteiger partial charge in [-0.25, -0.2) is 4.79 Å². The summed E-state index contributed by atoms with van der Waals surface area (Å²) in [6.45, 7) is 7.61. The molecule has 2 heterocycles. The minimum Gasteiger partial charge on any atom is -0.462 e. The molecule has 4 rings (SSSR count). The number of carbonyl (C=O) groups is 3. The molecule has 38 heavy (non-hydrogen) atoms. The fraction of sp³-hybridized carbons (Fsp3) is 0.423. The van der Waals surface area contributed by atoms with E-state index in [0.717, 1.165) is 0 Å². The highest BCUT2D eigenvalue weighted by molar-refractivity contribution is 6.10. The number of hydrogen-bond donors (Lipinski definition) is 1. The van der Waals surface area contributed by atoms with E-state index in [1.54, 1.807) is 36.1 Å². The second-order valence-corrected chi connectivity index (χ2v) is 8.96. The third-order valence-corrected chi connectivity index (χ3v) is 6.61. The van der Waals surface area contributed by atoms with Crippen molar-refractivity contribution in [3.63, 3.8) is 0 Å². The first-order chi connectivity index (χ1) is 18.3. The third kappa shape index (κ3) is 6.02. The highest BCUT2D eigenvalue weighted by Crippen LogP contribution is 2.32. The van der Waals surface area contributed by atoms with Crippen LogP contribution in [0.3, 0.4) is 0 Å². The van der Waals surface area contributed by atoms with Crippen LogP contribution >= 0.6 is 0 Å². The number of morpholine rings is 1. The predicted molar refractivity (Wildman–Crippen MR) is 141 cm³/mol. The van der Waals surface area contributed by atoms with Gasteiger partial charge in [0.25, 0.3) is 11.6 Å². The van der Waals surface area contributed by atoms with E-state index in [9.17, 15) is 24.5 Å². The van der Waals surface area contributed by atoms with Crippen LogP contribution in [-0.2, 0) is 14.3 Å². The van der Waals surface area contributed by atoms with Crippen LogP contribution in [0.4, 0.5) is 22.7 Å². The van der Waals surface area contributed by atoms with Crippen LogP contribution in [0, 0.1) is 10.1 Å². The average Bonchev–Trinajstić information content (AvgIpc) is 2.93. The first kappa shape index (κ1) is 26.9. The molecule has 0 aromatic heterocycles. The van der Waals surface area contributed by atoms with Crippen molar-refractivity contribution in [1.82, 2.24) is 4.90 Å². The van der Waals surface area contributed by atoms with Crippen LogP contribution in [0.15, 0.2) is 36.4 Å². The quantitative estimate of drug-likeness (QED) is 0.329. The van der Waals surface area contributed by atoms with Crippen LogP contribution in [0.25, 0.3) is 0 Å². The van der Waals surface area contributed by atoms with Crippen LogP contribution in [0.2, 0.25) is 0 Å². The number of nitrogens with one attached hydrogen (secondary N) is 1. The normalized spacial score (nSPS) is 15.7. The van der Waals surface area contributed by atoms with Gasteiger partial charge in [-0.05, 0) is 31.2 Å². The smallest absolute Gasteiger partial charge is 0.338 e. The number of amides is 2. The SMILES string of the molecule is CCOC(=O)c1ccc(N2CCN(C(C)=O)CC2)c(NC(=O)c2cc([N+](=O)[O-])ccc2N2CCOCC2)c1. The van der Waals surface area contributed by atoms with E-state index < -0.39 is 16.8 Å². The molecule has 2 aliphatic heterocycles. The van der Waals surface area contributed by atoms with E-state index in [-0.39, 0.29) is 29.3 Å². The summed E-state index contributed by atoms with van der Waals surface area (Å²) in [4.78, 5) is 54.6. The molecule has 0 aliphatic carbocycles. The van der Waals surface area contributed by atoms with Crippen molar-refractivity contribution in [2.45, 2.75) is 13.8 Å². The monoisotopic (exact) mass is 525 g/mol. The van der Waals surface area contributed by atoms with Gasteiger partial charge in [-0.15, -0.1) is 0 Å². The van der Waals surface area contributed by atoms with E-state index >= 15 is 0 Å². The van der Waals surface area contributed by atoms with Crippen molar-refractivity contribution in [3.05, 3.63) is 57.6 Å². The molecule has 12 nitrogen and oxygen atoms in total. The van der Waals surface area contributed by atoms with Crippen molar-refractivity contribution in [1.29, 1.82) is 0 Å². The zero-order valence-electron chi connectivity index (χ0n) is 21.5. The lowest BCUT2D eigenvalue weighted by Gasteiger charge is -2.36. The van der Waals surface area contributed by atoms with E-state index in [2.05, 4.69) is 5.32 Å². The minimum atomic E-state index is -0.542. The zero-order chi connectivity index (χ0) is 27.2. The second kappa shape index (κ2) is 11.9. The van der Waals surface area contributed by atoms with Gasteiger partial charge in [-0.2, -0.15) is 0 Å². The van der Waals surface area contributed by atoms with Crippen LogP contribution in [-0.4, -0.2) is 86.7 Å². The number of nitro groups is 1. The lowest BCUT2D eigenvalue weighted by Crippen LogP contribution is -2.48. The van der Waals surface area contributed by atoms with Gasteiger partial charge >= 0.3 is 5.97 Å². The van der Waals surface area contributed by atoms with Crippen LogP contribution in [0.5, 0.6) is 0 Å². The van der Waals surface area contributed by atoms with E-state index in [4.69, 9.17) is 9.47 Å². The molecular formula is C26H31N5O7. The molecule has 0 unspecified atom stereocenters. The molecule has 0 saturated carbocycles. The molecule has 2 aromatic rings. The summed E-state index contributed by atoms with van der Waals surface area (Å²) in [5.74, 6) is -1.07. The molecule has 2 amide bonds. The van der Waals surface area contributed by atoms with Gasteiger partial charge in [0.15, 0.2) is 0 Å². The number of rotatable bonds is 7. The summed E-state index contributed by atoms with van der Waals surface area (Å²) in [6, 6.07) is 9.14. The Morgan fingerprint density at radius 2 is 1.63 bits per heavy atom. The van der Waals surface area contributed by atoms with Gasteiger partial charge in [-0.1, -0.05) is 0 Å².